The van der Waals surface area contributed by atoms with Crippen LogP contribution >= 0.6 is 12.2 Å². The number of rotatable bonds is 6. The van der Waals surface area contributed by atoms with Crippen LogP contribution in [0.5, 0.6) is 11.5 Å². The van der Waals surface area contributed by atoms with Gasteiger partial charge < -0.3 is 19.7 Å². The molecule has 27 heavy (non-hydrogen) atoms. The number of thiocarbonyl (C=S) groups is 1. The third kappa shape index (κ3) is 4.02. The molecule has 1 N–H and O–H groups in total. The van der Waals surface area contributed by atoms with E-state index in [0.29, 0.717) is 22.1 Å². The topological polar surface area (TPSA) is 93.9 Å². The maximum absolute atomic E-state index is 12.3. The first-order chi connectivity index (χ1) is 12.6. The number of nitro benzene ring substituents is 1. The average Bonchev–Trinajstić information content (AvgIpc) is 2.57. The molecule has 0 radical (unpaired) electrons. The molecule has 1 aromatic rings. The van der Waals surface area contributed by atoms with E-state index in [-0.39, 0.29) is 28.9 Å². The van der Waals surface area contributed by atoms with E-state index in [1.807, 2.05) is 13.8 Å². The number of benzene rings is 1. The quantitative estimate of drug-likeness (QED) is 0.448. The summed E-state index contributed by atoms with van der Waals surface area (Å²) in [5.74, 6) is 0.413. The van der Waals surface area contributed by atoms with Crippen LogP contribution in [-0.2, 0) is 4.79 Å². The summed E-state index contributed by atoms with van der Waals surface area (Å²) in [6.45, 7) is 6.87. The van der Waals surface area contributed by atoms with E-state index in [0.717, 1.165) is 0 Å². The molecule has 1 aliphatic heterocycles. The second-order valence-electron chi connectivity index (χ2n) is 6.48. The van der Waals surface area contributed by atoms with E-state index in [1.165, 1.54) is 20.1 Å². The van der Waals surface area contributed by atoms with Crippen molar-refractivity contribution in [1.82, 2.24) is 10.2 Å². The molecule has 8 nitrogen and oxygen atoms in total. The number of nitro groups is 1. The van der Waals surface area contributed by atoms with Crippen LogP contribution in [0.2, 0.25) is 0 Å². The first kappa shape index (κ1) is 20.6. The highest BCUT2D eigenvalue weighted by molar-refractivity contribution is 7.80. The molecule has 0 saturated carbocycles. The summed E-state index contributed by atoms with van der Waals surface area (Å²) in [5.41, 5.74) is 1.17. The molecule has 1 aliphatic rings. The van der Waals surface area contributed by atoms with Crippen LogP contribution in [0, 0.1) is 10.1 Å². The molecule has 0 saturated heterocycles. The van der Waals surface area contributed by atoms with Crippen LogP contribution in [0.1, 0.15) is 39.3 Å². The van der Waals surface area contributed by atoms with Crippen molar-refractivity contribution in [3.63, 3.8) is 0 Å². The molecule has 1 aromatic carbocycles. The predicted molar refractivity (Wildman–Crippen MR) is 105 cm³/mol. The summed E-state index contributed by atoms with van der Waals surface area (Å²) < 4.78 is 11.0. The predicted octanol–water partition coefficient (Wildman–Crippen LogP) is 3.11. The highest BCUT2D eigenvalue weighted by atomic mass is 32.1. The molecular weight excluding hydrogens is 370 g/mol. The minimum atomic E-state index is -0.757. The molecule has 2 rings (SSSR count). The number of nitrogens with one attached hydrogen (secondary N) is 1. The van der Waals surface area contributed by atoms with Crippen molar-refractivity contribution in [2.45, 2.75) is 39.8 Å². The van der Waals surface area contributed by atoms with Crippen LogP contribution in [0.4, 0.5) is 5.69 Å². The summed E-state index contributed by atoms with van der Waals surface area (Å²) in [4.78, 5) is 25.2. The number of carbonyl (C=O) groups excluding carboxylic acids is 1. The first-order valence-corrected chi connectivity index (χ1v) is 8.78. The molecular formula is C18H23N3O5S. The normalized spacial score (nSPS) is 17.1. The zero-order chi connectivity index (χ0) is 20.5. The summed E-state index contributed by atoms with van der Waals surface area (Å²) in [5, 5.41) is 15.1. The second-order valence-corrected chi connectivity index (χ2v) is 6.87. The molecule has 0 aromatic heterocycles. The maximum Gasteiger partial charge on any atom is 0.279 e. The van der Waals surface area contributed by atoms with E-state index in [4.69, 9.17) is 21.7 Å². The molecule has 0 spiro atoms. The molecule has 1 unspecified atom stereocenters. The minimum Gasteiger partial charge on any atom is -0.493 e. The van der Waals surface area contributed by atoms with E-state index in [9.17, 15) is 14.9 Å². The lowest BCUT2D eigenvalue weighted by atomic mass is 9.91. The zero-order valence-corrected chi connectivity index (χ0v) is 17.0. The third-order valence-electron chi connectivity index (χ3n) is 4.32. The number of hydrogen-bond acceptors (Lipinski definition) is 6. The van der Waals surface area contributed by atoms with E-state index >= 15 is 0 Å². The molecule has 0 amide bonds. The first-order valence-electron chi connectivity index (χ1n) is 8.37. The lowest BCUT2D eigenvalue weighted by molar-refractivity contribution is -0.385. The Morgan fingerprint density at radius 1 is 1.37 bits per heavy atom. The second kappa shape index (κ2) is 7.91. The van der Waals surface area contributed by atoms with Gasteiger partial charge in [-0.2, -0.15) is 0 Å². The Kier molecular flexibility index (Phi) is 6.04. The molecule has 146 valence electrons. The van der Waals surface area contributed by atoms with E-state index in [2.05, 4.69) is 5.32 Å². The third-order valence-corrected chi connectivity index (χ3v) is 4.71. The van der Waals surface area contributed by atoms with Crippen LogP contribution in [0.3, 0.4) is 0 Å². The highest BCUT2D eigenvalue weighted by Gasteiger charge is 2.35. The van der Waals surface area contributed by atoms with Crippen molar-refractivity contribution in [3.8, 4) is 11.5 Å². The van der Waals surface area contributed by atoms with Gasteiger partial charge >= 0.3 is 0 Å². The molecule has 0 aliphatic carbocycles. The Bertz CT molecular complexity index is 835. The molecule has 1 atom stereocenters. The van der Waals surface area contributed by atoms with E-state index < -0.39 is 11.0 Å². The Labute approximate surface area is 163 Å². The molecule has 0 bridgehead atoms. The number of Topliss-reactive ketones (excluding diaryl/α,β-unsaturated/α-hetero) is 1. The summed E-state index contributed by atoms with van der Waals surface area (Å²) in [7, 11) is 3.15. The lowest BCUT2D eigenvalue weighted by Crippen LogP contribution is -2.45. The van der Waals surface area contributed by atoms with Gasteiger partial charge in [0.25, 0.3) is 5.69 Å². The number of methoxy groups -OCH3 is 1. The van der Waals surface area contributed by atoms with Crippen LogP contribution < -0.4 is 14.8 Å². The Balaban J connectivity index is 2.76. The minimum absolute atomic E-state index is 0.163. The maximum atomic E-state index is 12.3. The van der Waals surface area contributed by atoms with Crippen molar-refractivity contribution in [2.24, 2.45) is 0 Å². The number of ketones is 1. The summed E-state index contributed by atoms with van der Waals surface area (Å²) in [6, 6.07) is 2.09. The van der Waals surface area contributed by atoms with Crippen LogP contribution in [-0.4, -0.2) is 41.0 Å². The fraction of sp³-hybridized carbons (Fsp3) is 0.444. The number of ether oxygens (including phenoxy) is 2. The van der Waals surface area contributed by atoms with Crippen molar-refractivity contribution in [3.05, 3.63) is 39.1 Å². The number of hydrogen-bond donors (Lipinski definition) is 1. The summed E-state index contributed by atoms with van der Waals surface area (Å²) >= 11 is 5.33. The smallest absolute Gasteiger partial charge is 0.279 e. The molecule has 9 heteroatoms. The highest BCUT2D eigenvalue weighted by Crippen LogP contribution is 2.41. The van der Waals surface area contributed by atoms with Gasteiger partial charge in [0.05, 0.1) is 35.8 Å². The zero-order valence-electron chi connectivity index (χ0n) is 16.2. The lowest BCUT2D eigenvalue weighted by Gasteiger charge is -2.35. The Hall–Kier alpha value is -2.68. The average molecular weight is 393 g/mol. The van der Waals surface area contributed by atoms with Crippen molar-refractivity contribution in [1.29, 1.82) is 0 Å². The van der Waals surface area contributed by atoms with Gasteiger partial charge in [0.15, 0.2) is 22.4 Å². The SMILES string of the molecule is COc1cc([N+](=O)[O-])c(C2NC(=S)N(C)C(C)=C2C(C)=O)cc1OC(C)C. The fourth-order valence-corrected chi connectivity index (χ4v) is 3.24. The Morgan fingerprint density at radius 2 is 2.00 bits per heavy atom. The fourth-order valence-electron chi connectivity index (χ4n) is 2.99. The van der Waals surface area contributed by atoms with Gasteiger partial charge in [-0.1, -0.05) is 0 Å². The molecule has 1 heterocycles. The van der Waals surface area contributed by atoms with Gasteiger partial charge in [0.1, 0.15) is 0 Å². The summed E-state index contributed by atoms with van der Waals surface area (Å²) in [6.07, 6.45) is -0.163. The number of nitrogens with zero attached hydrogens (tertiary/aromatic N) is 2. The van der Waals surface area contributed by atoms with Gasteiger partial charge in [-0.25, -0.2) is 0 Å². The van der Waals surface area contributed by atoms with Gasteiger partial charge in [0, 0.05) is 18.3 Å². The van der Waals surface area contributed by atoms with Crippen LogP contribution in [0.25, 0.3) is 0 Å². The van der Waals surface area contributed by atoms with Crippen molar-refractivity contribution in [2.75, 3.05) is 14.2 Å². The van der Waals surface area contributed by atoms with Crippen LogP contribution in [0.15, 0.2) is 23.4 Å². The monoisotopic (exact) mass is 393 g/mol. The number of allylic oxidation sites excluding steroid dienone is 1. The Morgan fingerprint density at radius 3 is 2.48 bits per heavy atom. The van der Waals surface area contributed by atoms with Gasteiger partial charge in [-0.3, -0.25) is 14.9 Å². The molecule has 0 fully saturated rings. The van der Waals surface area contributed by atoms with Gasteiger partial charge in [-0.05, 0) is 46.0 Å². The van der Waals surface area contributed by atoms with Gasteiger partial charge in [0.2, 0.25) is 0 Å². The largest absolute Gasteiger partial charge is 0.493 e. The van der Waals surface area contributed by atoms with Crippen molar-refractivity contribution < 1.29 is 19.2 Å². The standard InChI is InChI=1S/C18H23N3O5S/c1-9(2)26-15-7-12(13(21(23)24)8-14(15)25-6)17-16(11(4)22)10(3)20(5)18(27)19-17/h7-9,17H,1-6H3,(H,19,27). The van der Waals surface area contributed by atoms with Gasteiger partial charge in [-0.15, -0.1) is 0 Å². The van der Waals surface area contributed by atoms with E-state index in [1.54, 1.807) is 24.9 Å². The number of carbonyl (C=O) groups is 1. The van der Waals surface area contributed by atoms with Crippen molar-refractivity contribution >= 4 is 28.8 Å².